The SMILES string of the molecule is CCCCCCCCCC(CCCCCCCC(=O)Nc1cc(OC=O)cc(OC=O)c1)C(CCCCCCCCC)CCCCCCCC(=O)Nc1cc(OC=O)cc(OC=O)c1. The highest BCUT2D eigenvalue weighted by atomic mass is 16.5. The summed E-state index contributed by atoms with van der Waals surface area (Å²) in [5, 5.41) is 5.65. The molecular weight excluding hydrogens is 813 g/mol. The predicted octanol–water partition coefficient (Wildman–Crippen LogP) is 13.4. The number of benzene rings is 2. The first-order valence-corrected chi connectivity index (χ1v) is 24.7. The number of rotatable bonds is 43. The molecule has 2 aromatic rings. The Labute approximate surface area is 384 Å². The van der Waals surface area contributed by atoms with Crippen molar-refractivity contribution < 1.29 is 47.7 Å². The Hall–Kier alpha value is -4.74. The average Bonchev–Trinajstić information content (AvgIpc) is 3.26. The van der Waals surface area contributed by atoms with Crippen LogP contribution in [0.4, 0.5) is 11.4 Å². The topological polar surface area (TPSA) is 163 Å². The number of carbonyl (C=O) groups is 6. The molecule has 12 nitrogen and oxygen atoms in total. The van der Waals surface area contributed by atoms with Crippen LogP contribution in [0.15, 0.2) is 36.4 Å². The molecule has 0 fully saturated rings. The molecule has 358 valence electrons. The molecule has 2 unspecified atom stereocenters. The summed E-state index contributed by atoms with van der Waals surface area (Å²) in [7, 11) is 0. The summed E-state index contributed by atoms with van der Waals surface area (Å²) in [5.74, 6) is 1.90. The lowest BCUT2D eigenvalue weighted by molar-refractivity contribution is -0.122. The van der Waals surface area contributed by atoms with Gasteiger partial charge in [0.1, 0.15) is 23.0 Å². The van der Waals surface area contributed by atoms with Gasteiger partial charge in [0.05, 0.1) is 0 Å². The molecule has 2 N–H and O–H groups in total. The monoisotopic (exact) mass is 893 g/mol. The number of ether oxygens (including phenoxy) is 4. The molecule has 2 atom stereocenters. The van der Waals surface area contributed by atoms with Gasteiger partial charge in [0, 0.05) is 60.6 Å². The summed E-state index contributed by atoms with van der Waals surface area (Å²) in [5.41, 5.74) is 0.798. The number of nitrogens with one attached hydrogen (secondary N) is 2. The van der Waals surface area contributed by atoms with Crippen molar-refractivity contribution in [1.29, 1.82) is 0 Å². The molecule has 0 saturated heterocycles. The molecule has 64 heavy (non-hydrogen) atoms. The van der Waals surface area contributed by atoms with E-state index in [1.807, 2.05) is 0 Å². The van der Waals surface area contributed by atoms with Crippen LogP contribution >= 0.6 is 0 Å². The second-order valence-electron chi connectivity index (χ2n) is 17.3. The summed E-state index contributed by atoms with van der Waals surface area (Å²) < 4.78 is 19.5. The minimum atomic E-state index is -0.138. The Bertz CT molecular complexity index is 1410. The number of hydrogen-bond donors (Lipinski definition) is 2. The highest BCUT2D eigenvalue weighted by Gasteiger charge is 2.21. The first-order chi connectivity index (χ1) is 31.3. The molecule has 2 rings (SSSR count). The largest absolute Gasteiger partial charge is 0.429 e. The van der Waals surface area contributed by atoms with Crippen molar-refractivity contribution in [3.05, 3.63) is 36.4 Å². The molecule has 0 heterocycles. The summed E-state index contributed by atoms with van der Waals surface area (Å²) in [6.45, 7) is 5.66. The van der Waals surface area contributed by atoms with Crippen molar-refractivity contribution >= 4 is 49.1 Å². The molecule has 0 aromatic heterocycles. The van der Waals surface area contributed by atoms with E-state index in [2.05, 4.69) is 24.5 Å². The second-order valence-corrected chi connectivity index (χ2v) is 17.3. The maximum absolute atomic E-state index is 12.7. The Morgan fingerprint density at radius 3 is 0.906 bits per heavy atom. The third-order valence-electron chi connectivity index (χ3n) is 12.0. The number of carbonyl (C=O) groups excluding carboxylic acids is 6. The fraction of sp³-hybridized carbons (Fsp3) is 0.654. The first-order valence-electron chi connectivity index (χ1n) is 24.7. The van der Waals surface area contributed by atoms with Crippen molar-refractivity contribution in [1.82, 2.24) is 0 Å². The van der Waals surface area contributed by atoms with Gasteiger partial charge in [-0.1, -0.05) is 181 Å². The Kier molecular flexibility index (Phi) is 32.6. The maximum Gasteiger partial charge on any atom is 0.298 e. The van der Waals surface area contributed by atoms with E-state index in [-0.39, 0.29) is 60.7 Å². The van der Waals surface area contributed by atoms with Gasteiger partial charge >= 0.3 is 0 Å². The van der Waals surface area contributed by atoms with Crippen molar-refractivity contribution in [2.45, 2.75) is 206 Å². The van der Waals surface area contributed by atoms with Gasteiger partial charge in [-0.15, -0.1) is 0 Å². The number of anilines is 2. The van der Waals surface area contributed by atoms with Crippen LogP contribution in [-0.2, 0) is 28.8 Å². The molecule has 0 aliphatic rings. The maximum atomic E-state index is 12.7. The standard InChI is InChI=1S/C52H80N2O10/c1-3-5-7-9-11-15-21-27-43(29-23-17-13-19-25-31-51(59)53-45-33-47(61-39-55)37-48(34-45)62-40-56)44(28-22-16-12-10-8-6-4-2)30-24-18-14-20-26-32-52(60)54-46-35-49(63-41-57)38-50(36-46)64-42-58/h33-44H,3-32H2,1-2H3,(H,53,59)(H,54,60). The molecule has 0 spiro atoms. The first kappa shape index (κ1) is 55.4. The lowest BCUT2D eigenvalue weighted by Gasteiger charge is -2.28. The zero-order valence-corrected chi connectivity index (χ0v) is 39.2. The Morgan fingerprint density at radius 2 is 0.641 bits per heavy atom. The van der Waals surface area contributed by atoms with Crippen LogP contribution in [0.3, 0.4) is 0 Å². The predicted molar refractivity (Wildman–Crippen MR) is 254 cm³/mol. The van der Waals surface area contributed by atoms with Gasteiger partial charge in [-0.05, 0) is 24.7 Å². The van der Waals surface area contributed by atoms with Crippen LogP contribution in [0.2, 0.25) is 0 Å². The van der Waals surface area contributed by atoms with E-state index in [1.165, 1.54) is 165 Å². The summed E-state index contributed by atoms with van der Waals surface area (Å²) >= 11 is 0. The van der Waals surface area contributed by atoms with Crippen molar-refractivity contribution in [3.8, 4) is 23.0 Å². The van der Waals surface area contributed by atoms with Crippen LogP contribution in [0.5, 0.6) is 23.0 Å². The van der Waals surface area contributed by atoms with Crippen molar-refractivity contribution in [2.75, 3.05) is 10.6 Å². The van der Waals surface area contributed by atoms with Crippen molar-refractivity contribution in [2.24, 2.45) is 11.8 Å². The van der Waals surface area contributed by atoms with E-state index < -0.39 is 0 Å². The molecule has 2 amide bonds. The number of hydrogen-bond acceptors (Lipinski definition) is 10. The fourth-order valence-corrected chi connectivity index (χ4v) is 8.63. The third-order valence-corrected chi connectivity index (χ3v) is 12.0. The molecule has 12 heteroatoms. The van der Waals surface area contributed by atoms with E-state index in [9.17, 15) is 28.8 Å². The molecule has 0 saturated carbocycles. The molecule has 0 bridgehead atoms. The lowest BCUT2D eigenvalue weighted by atomic mass is 9.78. The van der Waals surface area contributed by atoms with E-state index in [4.69, 9.17) is 18.9 Å². The summed E-state index contributed by atoms with van der Waals surface area (Å²) in [4.78, 5) is 68.7. The van der Waals surface area contributed by atoms with E-state index in [1.54, 1.807) is 0 Å². The highest BCUT2D eigenvalue weighted by molar-refractivity contribution is 5.92. The molecular formula is C52H80N2O10. The van der Waals surface area contributed by atoms with Crippen molar-refractivity contribution in [3.63, 3.8) is 0 Å². The van der Waals surface area contributed by atoms with E-state index in [0.717, 1.165) is 63.2 Å². The number of amides is 2. The average molecular weight is 893 g/mol. The quantitative estimate of drug-likeness (QED) is 0.0484. The van der Waals surface area contributed by atoms with Crippen LogP contribution < -0.4 is 29.6 Å². The van der Waals surface area contributed by atoms with Gasteiger partial charge in [0.2, 0.25) is 11.8 Å². The van der Waals surface area contributed by atoms with Gasteiger partial charge in [0.15, 0.2) is 0 Å². The second kappa shape index (κ2) is 37.6. The van der Waals surface area contributed by atoms with Gasteiger partial charge in [-0.2, -0.15) is 0 Å². The zero-order valence-electron chi connectivity index (χ0n) is 39.2. The summed E-state index contributed by atoms with van der Waals surface area (Å²) in [6, 6.07) is 8.86. The fourth-order valence-electron chi connectivity index (χ4n) is 8.63. The van der Waals surface area contributed by atoms with Crippen LogP contribution in [0.1, 0.15) is 206 Å². The van der Waals surface area contributed by atoms with E-state index in [0.29, 0.717) is 24.2 Å². The third kappa shape index (κ3) is 27.4. The lowest BCUT2D eigenvalue weighted by Crippen LogP contribution is -2.16. The Morgan fingerprint density at radius 1 is 0.391 bits per heavy atom. The molecule has 0 aliphatic carbocycles. The van der Waals surface area contributed by atoms with Crippen LogP contribution in [-0.4, -0.2) is 37.7 Å². The molecule has 0 aliphatic heterocycles. The van der Waals surface area contributed by atoms with Gasteiger partial charge < -0.3 is 29.6 Å². The van der Waals surface area contributed by atoms with Crippen LogP contribution in [0, 0.1) is 11.8 Å². The van der Waals surface area contributed by atoms with Gasteiger partial charge in [0.25, 0.3) is 25.9 Å². The smallest absolute Gasteiger partial charge is 0.298 e. The minimum absolute atomic E-state index is 0.138. The number of unbranched alkanes of at least 4 members (excludes halogenated alkanes) is 20. The van der Waals surface area contributed by atoms with E-state index >= 15 is 0 Å². The minimum Gasteiger partial charge on any atom is -0.429 e. The molecule has 2 aromatic carbocycles. The summed E-state index contributed by atoms with van der Waals surface area (Å²) in [6.07, 6.45) is 34.9. The zero-order chi connectivity index (χ0) is 46.3. The normalized spacial score (nSPS) is 11.8. The van der Waals surface area contributed by atoms with Gasteiger partial charge in [-0.25, -0.2) is 0 Å². The molecule has 0 radical (unpaired) electrons. The highest BCUT2D eigenvalue weighted by Crippen LogP contribution is 2.34. The van der Waals surface area contributed by atoms with Crippen LogP contribution in [0.25, 0.3) is 0 Å². The Balaban J connectivity index is 1.89. The van der Waals surface area contributed by atoms with Gasteiger partial charge in [-0.3, -0.25) is 28.8 Å².